The standard InChI is InChI=1S/C24H31N4O7P/c1-15(30)25-19-11-13-27(23(31)26-19)22-21(32-3)20(17(14-29)33-22)34-36-28-12-7-10-18(28)24(2,35-36)16-8-5-4-6-9-16/h4-6,8-9,11,13,17-18,20-22,29H,7,10,12,14H2,1-3H3,(H,25,26,30,31)/t17-,18-,20?,21+,22-,24+,36-/m1/s1. The molecule has 0 bridgehead atoms. The highest BCUT2D eigenvalue weighted by Crippen LogP contribution is 2.64. The smallest absolute Gasteiger partial charge is 0.351 e. The van der Waals surface area contributed by atoms with E-state index in [2.05, 4.69) is 34.0 Å². The quantitative estimate of drug-likeness (QED) is 0.531. The first-order chi connectivity index (χ1) is 17.4. The monoisotopic (exact) mass is 518 g/mol. The Morgan fingerprint density at radius 3 is 2.75 bits per heavy atom. The first-order valence-corrected chi connectivity index (χ1v) is 13.1. The lowest BCUT2D eigenvalue weighted by Gasteiger charge is -2.29. The fourth-order valence-corrected chi connectivity index (χ4v) is 7.45. The summed E-state index contributed by atoms with van der Waals surface area (Å²) < 4.78 is 28.5. The Labute approximate surface area is 210 Å². The van der Waals surface area contributed by atoms with Crippen LogP contribution in [0.3, 0.4) is 0 Å². The summed E-state index contributed by atoms with van der Waals surface area (Å²) in [6, 6.07) is 11.8. The molecule has 5 rings (SSSR count). The molecule has 7 atom stereocenters. The van der Waals surface area contributed by atoms with Crippen LogP contribution in [0.1, 0.15) is 38.5 Å². The Morgan fingerprint density at radius 2 is 2.08 bits per heavy atom. The number of rotatable bonds is 7. The van der Waals surface area contributed by atoms with Crippen LogP contribution in [0, 0.1) is 0 Å². The normalized spacial score (nSPS) is 34.1. The number of nitrogens with one attached hydrogen (secondary N) is 1. The Balaban J connectivity index is 1.40. The maximum Gasteiger partial charge on any atom is 0.351 e. The Morgan fingerprint density at radius 1 is 1.31 bits per heavy atom. The van der Waals surface area contributed by atoms with Crippen LogP contribution in [-0.2, 0) is 28.9 Å². The van der Waals surface area contributed by atoms with Crippen LogP contribution in [0.5, 0.6) is 0 Å². The first-order valence-electron chi connectivity index (χ1n) is 12.0. The zero-order valence-electron chi connectivity index (χ0n) is 20.4. The van der Waals surface area contributed by atoms with Crippen LogP contribution in [0.2, 0.25) is 0 Å². The van der Waals surface area contributed by atoms with Crippen LogP contribution >= 0.6 is 8.53 Å². The fourth-order valence-electron chi connectivity index (χ4n) is 5.30. The average molecular weight is 519 g/mol. The van der Waals surface area contributed by atoms with E-state index in [0.717, 1.165) is 24.9 Å². The number of aromatic nitrogens is 2. The number of benzene rings is 1. The highest BCUT2D eigenvalue weighted by molar-refractivity contribution is 7.45. The number of methoxy groups -OCH3 is 1. The third kappa shape index (κ3) is 4.50. The van der Waals surface area contributed by atoms with Crippen molar-refractivity contribution in [3.63, 3.8) is 0 Å². The second-order valence-corrected chi connectivity index (χ2v) is 10.7. The van der Waals surface area contributed by atoms with E-state index in [9.17, 15) is 14.7 Å². The number of ether oxygens (including phenoxy) is 2. The van der Waals surface area contributed by atoms with Crippen LogP contribution in [0.4, 0.5) is 5.82 Å². The van der Waals surface area contributed by atoms with Crippen molar-refractivity contribution in [3.05, 3.63) is 58.6 Å². The summed E-state index contributed by atoms with van der Waals surface area (Å²) in [5.41, 5.74) is -0.0559. The molecule has 1 amide bonds. The van der Waals surface area contributed by atoms with Crippen molar-refractivity contribution >= 4 is 20.3 Å². The van der Waals surface area contributed by atoms with Crippen molar-refractivity contribution in [3.8, 4) is 0 Å². The van der Waals surface area contributed by atoms with Crippen molar-refractivity contribution < 1.29 is 28.4 Å². The first kappa shape index (κ1) is 25.4. The molecule has 3 saturated heterocycles. The molecule has 0 aliphatic carbocycles. The molecule has 11 nitrogen and oxygen atoms in total. The van der Waals surface area contributed by atoms with Gasteiger partial charge in [-0.15, -0.1) is 0 Å². The van der Waals surface area contributed by atoms with Gasteiger partial charge in [0.1, 0.15) is 29.7 Å². The number of hydrogen-bond donors (Lipinski definition) is 2. The largest absolute Gasteiger partial charge is 0.394 e. The number of aliphatic hydroxyl groups excluding tert-OH is 1. The highest BCUT2D eigenvalue weighted by Gasteiger charge is 2.57. The topological polar surface area (TPSA) is 124 Å². The van der Waals surface area contributed by atoms with E-state index in [1.165, 1.54) is 30.9 Å². The van der Waals surface area contributed by atoms with Gasteiger partial charge in [0.25, 0.3) is 8.53 Å². The molecule has 194 valence electrons. The van der Waals surface area contributed by atoms with Gasteiger partial charge in [-0.2, -0.15) is 4.98 Å². The van der Waals surface area contributed by atoms with Crippen molar-refractivity contribution in [1.82, 2.24) is 14.2 Å². The molecule has 3 aliphatic heterocycles. The van der Waals surface area contributed by atoms with E-state index >= 15 is 0 Å². The van der Waals surface area contributed by atoms with Crippen molar-refractivity contribution in [2.24, 2.45) is 0 Å². The van der Waals surface area contributed by atoms with Crippen molar-refractivity contribution in [2.75, 3.05) is 25.6 Å². The molecule has 2 N–H and O–H groups in total. The lowest BCUT2D eigenvalue weighted by atomic mass is 9.87. The van der Waals surface area contributed by atoms with Gasteiger partial charge in [0.05, 0.1) is 12.6 Å². The van der Waals surface area contributed by atoms with Crippen molar-refractivity contribution in [2.45, 2.75) is 62.9 Å². The molecule has 12 heteroatoms. The zero-order valence-corrected chi connectivity index (χ0v) is 21.3. The predicted molar refractivity (Wildman–Crippen MR) is 131 cm³/mol. The minimum Gasteiger partial charge on any atom is -0.394 e. The van der Waals surface area contributed by atoms with Crippen LogP contribution in [-0.4, -0.2) is 69.9 Å². The van der Waals surface area contributed by atoms with Crippen molar-refractivity contribution in [1.29, 1.82) is 0 Å². The third-order valence-corrected chi connectivity index (χ3v) is 8.90. The number of anilines is 1. The molecule has 1 aromatic carbocycles. The Hall–Kier alpha value is -2.24. The van der Waals surface area contributed by atoms with Gasteiger partial charge in [-0.05, 0) is 31.4 Å². The summed E-state index contributed by atoms with van der Waals surface area (Å²) in [6.07, 6.45) is 0.515. The second kappa shape index (κ2) is 10.3. The van der Waals surface area contributed by atoms with Gasteiger partial charge in [0.15, 0.2) is 6.23 Å². The molecule has 4 heterocycles. The summed E-state index contributed by atoms with van der Waals surface area (Å²) in [5.74, 6) is -0.188. The van der Waals surface area contributed by atoms with E-state index in [-0.39, 0.29) is 24.4 Å². The number of amides is 1. The Bertz CT molecular complexity index is 1150. The third-order valence-electron chi connectivity index (χ3n) is 7.04. The van der Waals surface area contributed by atoms with Crippen LogP contribution in [0.25, 0.3) is 0 Å². The van der Waals surface area contributed by atoms with Crippen LogP contribution in [0.15, 0.2) is 47.4 Å². The average Bonchev–Trinajstić information content (AvgIpc) is 3.55. The van der Waals surface area contributed by atoms with E-state index in [4.69, 9.17) is 18.5 Å². The number of nitrogens with zero attached hydrogens (tertiary/aromatic N) is 3. The van der Waals surface area contributed by atoms with E-state index in [0.29, 0.717) is 0 Å². The SMILES string of the molecule is CO[C@H]1C(O[P@]2O[C@@](C)(c3ccccc3)[C@H]3CCCN32)[C@@H](CO)O[C@H]1n1ccc(NC(C)=O)nc1=O. The maximum atomic E-state index is 12.7. The number of carbonyl (C=O) groups is 1. The second-order valence-electron chi connectivity index (χ2n) is 9.33. The minimum absolute atomic E-state index is 0.144. The zero-order chi connectivity index (χ0) is 25.4. The molecule has 36 heavy (non-hydrogen) atoms. The summed E-state index contributed by atoms with van der Waals surface area (Å²) in [7, 11) is 0.0389. The number of aliphatic hydroxyl groups is 1. The van der Waals surface area contributed by atoms with Gasteiger partial charge in [-0.3, -0.25) is 9.36 Å². The summed E-state index contributed by atoms with van der Waals surface area (Å²) in [4.78, 5) is 28.0. The Kier molecular flexibility index (Phi) is 7.24. The van der Waals surface area contributed by atoms with E-state index in [1.54, 1.807) is 0 Å². The molecule has 0 radical (unpaired) electrons. The highest BCUT2D eigenvalue weighted by atomic mass is 31.2. The lowest BCUT2D eigenvalue weighted by molar-refractivity contribution is -0.114. The molecule has 1 aromatic heterocycles. The molecule has 3 aliphatic rings. The van der Waals surface area contributed by atoms with Gasteiger partial charge in [0, 0.05) is 26.8 Å². The summed E-state index contributed by atoms with van der Waals surface area (Å²) in [6.45, 7) is 3.97. The maximum absolute atomic E-state index is 12.7. The fraction of sp³-hybridized carbons (Fsp3) is 0.542. The molecule has 0 spiro atoms. The van der Waals surface area contributed by atoms with Crippen LogP contribution < -0.4 is 11.0 Å². The van der Waals surface area contributed by atoms with Gasteiger partial charge >= 0.3 is 5.69 Å². The number of fused-ring (bicyclic) bond motifs is 1. The molecular weight excluding hydrogens is 487 g/mol. The lowest BCUT2D eigenvalue weighted by Crippen LogP contribution is -2.39. The summed E-state index contributed by atoms with van der Waals surface area (Å²) >= 11 is 0. The van der Waals surface area contributed by atoms with Gasteiger partial charge < -0.3 is 28.9 Å². The van der Waals surface area contributed by atoms with Gasteiger partial charge in [-0.1, -0.05) is 30.3 Å². The van der Waals surface area contributed by atoms with E-state index in [1.807, 2.05) is 18.2 Å². The molecule has 2 aromatic rings. The van der Waals surface area contributed by atoms with Gasteiger partial charge in [-0.25, -0.2) is 9.46 Å². The van der Waals surface area contributed by atoms with E-state index < -0.39 is 44.4 Å². The number of carbonyl (C=O) groups excluding carboxylic acids is 1. The molecule has 0 saturated carbocycles. The molecule has 1 unspecified atom stereocenters. The molecule has 3 fully saturated rings. The minimum atomic E-state index is -1.47. The molecular formula is C24H31N4O7P. The predicted octanol–water partition coefficient (Wildman–Crippen LogP) is 2.13. The number of hydrogen-bond acceptors (Lipinski definition) is 9. The summed E-state index contributed by atoms with van der Waals surface area (Å²) in [5, 5.41) is 12.6. The van der Waals surface area contributed by atoms with Gasteiger partial charge in [0.2, 0.25) is 5.91 Å².